The predicted molar refractivity (Wildman–Crippen MR) is 86.2 cm³/mol. The minimum absolute atomic E-state index is 0.506. The van der Waals surface area contributed by atoms with Gasteiger partial charge in [-0.3, -0.25) is 0 Å². The molecule has 0 radical (unpaired) electrons. The minimum atomic E-state index is 0.506. The number of hydrogen-bond acceptors (Lipinski definition) is 2. The maximum absolute atomic E-state index is 6.13. The van der Waals surface area contributed by atoms with Gasteiger partial charge in [-0.25, -0.2) is 0 Å². The Morgan fingerprint density at radius 2 is 1.95 bits per heavy atom. The first-order valence-electron chi connectivity index (χ1n) is 7.19. The molecule has 0 saturated heterocycles. The van der Waals surface area contributed by atoms with E-state index >= 15 is 0 Å². The molecule has 0 aliphatic carbocycles. The average Bonchev–Trinajstić information content (AvgIpc) is 2.37. The van der Waals surface area contributed by atoms with Crippen LogP contribution in [-0.2, 0) is 6.54 Å². The molecule has 1 aromatic rings. The van der Waals surface area contributed by atoms with Crippen LogP contribution >= 0.6 is 11.6 Å². The van der Waals surface area contributed by atoms with Crippen LogP contribution in [0.1, 0.15) is 39.7 Å². The molecule has 0 aliphatic rings. The molecule has 2 nitrogen and oxygen atoms in total. The fourth-order valence-corrected chi connectivity index (χ4v) is 2.30. The molecule has 19 heavy (non-hydrogen) atoms. The highest BCUT2D eigenvalue weighted by atomic mass is 35.5. The summed E-state index contributed by atoms with van der Waals surface area (Å²) in [5, 5.41) is 4.26. The van der Waals surface area contributed by atoms with E-state index in [9.17, 15) is 0 Å². The zero-order valence-corrected chi connectivity index (χ0v) is 13.6. The second-order valence-corrected chi connectivity index (χ2v) is 5.98. The number of anilines is 1. The molecule has 0 fully saturated rings. The largest absolute Gasteiger partial charge is 0.371 e. The molecule has 0 bridgehead atoms. The van der Waals surface area contributed by atoms with Crippen molar-refractivity contribution in [3.05, 3.63) is 28.8 Å². The normalized spacial score (nSPS) is 12.8. The minimum Gasteiger partial charge on any atom is -0.371 e. The lowest BCUT2D eigenvalue weighted by Gasteiger charge is -2.32. The lowest BCUT2D eigenvalue weighted by atomic mass is 10.0. The summed E-state index contributed by atoms with van der Waals surface area (Å²) < 4.78 is 0. The molecule has 3 heteroatoms. The molecule has 0 aliphatic heterocycles. The van der Waals surface area contributed by atoms with Crippen molar-refractivity contribution in [3.8, 4) is 0 Å². The van der Waals surface area contributed by atoms with Crippen molar-refractivity contribution in [1.82, 2.24) is 5.32 Å². The summed E-state index contributed by atoms with van der Waals surface area (Å²) in [5.41, 5.74) is 2.55. The van der Waals surface area contributed by atoms with Gasteiger partial charge in [0.15, 0.2) is 0 Å². The fraction of sp³-hybridized carbons (Fsp3) is 0.625. The van der Waals surface area contributed by atoms with Crippen molar-refractivity contribution in [2.75, 3.05) is 18.5 Å². The number of hydrogen-bond donors (Lipinski definition) is 1. The zero-order chi connectivity index (χ0) is 14.4. The molecule has 1 N–H and O–H groups in total. The van der Waals surface area contributed by atoms with Gasteiger partial charge in [-0.2, -0.15) is 0 Å². The summed E-state index contributed by atoms with van der Waals surface area (Å²) in [6.45, 7) is 10.9. The van der Waals surface area contributed by atoms with Crippen molar-refractivity contribution >= 4 is 17.3 Å². The summed E-state index contributed by atoms with van der Waals surface area (Å²) in [5.74, 6) is 0.622. The monoisotopic (exact) mass is 282 g/mol. The standard InChI is InChI=1S/C16H27ClN2/c1-6-9-18-11-14-10-15(17)7-8-16(14)19(5)13(4)12(2)3/h7-8,10,12-13,18H,6,9,11H2,1-5H3. The Hall–Kier alpha value is -0.730. The Morgan fingerprint density at radius 3 is 2.53 bits per heavy atom. The van der Waals surface area contributed by atoms with Gasteiger partial charge in [0.1, 0.15) is 0 Å². The molecule has 0 heterocycles. The Labute approximate surface area is 123 Å². The SMILES string of the molecule is CCCNCc1cc(Cl)ccc1N(C)C(C)C(C)C. The van der Waals surface area contributed by atoms with Gasteiger partial charge >= 0.3 is 0 Å². The molecule has 0 aromatic heterocycles. The van der Waals surface area contributed by atoms with Crippen LogP contribution in [0.3, 0.4) is 0 Å². The van der Waals surface area contributed by atoms with Crippen LogP contribution in [0.25, 0.3) is 0 Å². The van der Waals surface area contributed by atoms with Gasteiger partial charge in [0.25, 0.3) is 0 Å². The van der Waals surface area contributed by atoms with Crippen molar-refractivity contribution < 1.29 is 0 Å². The smallest absolute Gasteiger partial charge is 0.0412 e. The second-order valence-electron chi connectivity index (χ2n) is 5.55. The van der Waals surface area contributed by atoms with Crippen molar-refractivity contribution in [3.63, 3.8) is 0 Å². The van der Waals surface area contributed by atoms with E-state index in [0.717, 1.165) is 24.5 Å². The van der Waals surface area contributed by atoms with E-state index in [1.807, 2.05) is 6.07 Å². The lowest BCUT2D eigenvalue weighted by molar-refractivity contribution is 0.504. The van der Waals surface area contributed by atoms with Gasteiger partial charge in [-0.15, -0.1) is 0 Å². The molecule has 108 valence electrons. The van der Waals surface area contributed by atoms with Gasteiger partial charge in [0, 0.05) is 30.3 Å². The van der Waals surface area contributed by atoms with Crippen molar-refractivity contribution in [2.24, 2.45) is 5.92 Å². The van der Waals surface area contributed by atoms with E-state index in [1.165, 1.54) is 11.3 Å². The number of benzene rings is 1. The molecule has 0 amide bonds. The molecular formula is C16H27ClN2. The maximum atomic E-state index is 6.13. The van der Waals surface area contributed by atoms with Crippen LogP contribution in [0, 0.1) is 5.92 Å². The molecule has 1 unspecified atom stereocenters. The Morgan fingerprint density at radius 1 is 1.26 bits per heavy atom. The highest BCUT2D eigenvalue weighted by molar-refractivity contribution is 6.30. The van der Waals surface area contributed by atoms with Gasteiger partial charge in [-0.05, 0) is 49.6 Å². The number of nitrogens with zero attached hydrogens (tertiary/aromatic N) is 1. The lowest BCUT2D eigenvalue weighted by Crippen LogP contribution is -2.34. The fourth-order valence-electron chi connectivity index (χ4n) is 2.11. The molecule has 1 atom stereocenters. The Bertz CT molecular complexity index is 390. The molecule has 1 rings (SSSR count). The van der Waals surface area contributed by atoms with Crippen LogP contribution < -0.4 is 10.2 Å². The number of rotatable bonds is 7. The Kier molecular flexibility index (Phi) is 6.67. The molecule has 0 spiro atoms. The van der Waals surface area contributed by atoms with Crippen LogP contribution in [-0.4, -0.2) is 19.6 Å². The van der Waals surface area contributed by atoms with Gasteiger partial charge < -0.3 is 10.2 Å². The summed E-state index contributed by atoms with van der Waals surface area (Å²) in [4.78, 5) is 2.35. The van der Waals surface area contributed by atoms with E-state index in [1.54, 1.807) is 0 Å². The van der Waals surface area contributed by atoms with Crippen LogP contribution in [0.15, 0.2) is 18.2 Å². The summed E-state index contributed by atoms with van der Waals surface area (Å²) in [6.07, 6.45) is 1.15. The maximum Gasteiger partial charge on any atom is 0.0412 e. The number of halogens is 1. The van der Waals surface area contributed by atoms with E-state index in [2.05, 4.69) is 57.1 Å². The summed E-state index contributed by atoms with van der Waals surface area (Å²) in [6, 6.07) is 6.68. The second kappa shape index (κ2) is 7.76. The van der Waals surface area contributed by atoms with E-state index < -0.39 is 0 Å². The average molecular weight is 283 g/mol. The van der Waals surface area contributed by atoms with Gasteiger partial charge in [0.05, 0.1) is 0 Å². The third-order valence-electron chi connectivity index (χ3n) is 3.74. The highest BCUT2D eigenvalue weighted by Gasteiger charge is 2.16. The number of nitrogens with one attached hydrogen (secondary N) is 1. The van der Waals surface area contributed by atoms with Crippen molar-refractivity contribution in [2.45, 2.75) is 46.7 Å². The molecule has 0 saturated carbocycles. The first-order chi connectivity index (χ1) is 8.97. The van der Waals surface area contributed by atoms with Crippen molar-refractivity contribution in [1.29, 1.82) is 0 Å². The van der Waals surface area contributed by atoms with Gasteiger partial charge in [0.2, 0.25) is 0 Å². The zero-order valence-electron chi connectivity index (χ0n) is 12.8. The van der Waals surface area contributed by atoms with E-state index in [-0.39, 0.29) is 0 Å². The van der Waals surface area contributed by atoms with E-state index in [0.29, 0.717) is 12.0 Å². The van der Waals surface area contributed by atoms with Gasteiger partial charge in [-0.1, -0.05) is 32.4 Å². The quantitative estimate of drug-likeness (QED) is 0.749. The summed E-state index contributed by atoms with van der Waals surface area (Å²) >= 11 is 6.13. The van der Waals surface area contributed by atoms with Crippen LogP contribution in [0.4, 0.5) is 5.69 Å². The van der Waals surface area contributed by atoms with Crippen LogP contribution in [0.5, 0.6) is 0 Å². The molecule has 1 aromatic carbocycles. The first-order valence-corrected chi connectivity index (χ1v) is 7.57. The van der Waals surface area contributed by atoms with Crippen LogP contribution in [0.2, 0.25) is 5.02 Å². The highest BCUT2D eigenvalue weighted by Crippen LogP contribution is 2.26. The summed E-state index contributed by atoms with van der Waals surface area (Å²) in [7, 11) is 2.16. The first kappa shape index (κ1) is 16.3. The predicted octanol–water partition coefficient (Wildman–Crippen LogP) is 4.32. The third-order valence-corrected chi connectivity index (χ3v) is 3.97. The molecular weight excluding hydrogens is 256 g/mol. The third kappa shape index (κ3) is 4.70. The Balaban J connectivity index is 2.92. The topological polar surface area (TPSA) is 15.3 Å². The van der Waals surface area contributed by atoms with E-state index in [4.69, 9.17) is 11.6 Å².